The molecular formula is C13H11F2N3O. The summed E-state index contributed by atoms with van der Waals surface area (Å²) in [7, 11) is 0. The normalized spacial score (nSPS) is 22.7. The molecule has 1 aromatic rings. The number of carbonyl (C=O) groups is 1. The summed E-state index contributed by atoms with van der Waals surface area (Å²) in [5.74, 6) is -2.97. The summed E-state index contributed by atoms with van der Waals surface area (Å²) >= 11 is 0. The van der Waals surface area contributed by atoms with Crippen LogP contribution >= 0.6 is 0 Å². The first-order valence-corrected chi connectivity index (χ1v) is 6.07. The molecule has 1 spiro atoms. The van der Waals surface area contributed by atoms with Crippen LogP contribution in [0.3, 0.4) is 0 Å². The van der Waals surface area contributed by atoms with Gasteiger partial charge in [-0.25, -0.2) is 8.78 Å². The van der Waals surface area contributed by atoms with Crippen molar-refractivity contribution in [1.82, 2.24) is 4.98 Å². The second kappa shape index (κ2) is 3.73. The Balaban J connectivity index is 2.02. The van der Waals surface area contributed by atoms with E-state index in [0.29, 0.717) is 16.9 Å². The highest BCUT2D eigenvalue weighted by Crippen LogP contribution is 2.50. The third kappa shape index (κ3) is 1.69. The van der Waals surface area contributed by atoms with Crippen LogP contribution in [-0.4, -0.2) is 16.8 Å². The minimum absolute atomic E-state index is 0.0950. The molecule has 1 amide bonds. The molecule has 2 heterocycles. The molecule has 1 aromatic heterocycles. The number of hydrogen-bond donors (Lipinski definition) is 1. The predicted octanol–water partition coefficient (Wildman–Crippen LogP) is 2.35. The number of aromatic nitrogens is 1. The fraction of sp³-hybridized carbons (Fsp3) is 0.462. The number of nitrogens with zero attached hydrogens (tertiary/aromatic N) is 2. The van der Waals surface area contributed by atoms with Crippen LogP contribution in [0, 0.1) is 11.3 Å². The Bertz CT molecular complexity index is 596. The zero-order valence-electron chi connectivity index (χ0n) is 10.0. The molecule has 0 bridgehead atoms. The summed E-state index contributed by atoms with van der Waals surface area (Å²) in [6.07, 6.45) is 0.964. The average molecular weight is 263 g/mol. The molecule has 0 saturated heterocycles. The van der Waals surface area contributed by atoms with Crippen molar-refractivity contribution in [1.29, 1.82) is 5.26 Å². The highest BCUT2D eigenvalue weighted by molar-refractivity contribution is 6.05. The smallest absolute Gasteiger partial charge is 0.248 e. The molecule has 6 heteroatoms. The molecule has 98 valence electrons. The number of rotatable bonds is 0. The first-order valence-electron chi connectivity index (χ1n) is 6.07. The van der Waals surface area contributed by atoms with Gasteiger partial charge in [0.15, 0.2) is 0 Å². The molecule has 0 aromatic carbocycles. The van der Waals surface area contributed by atoms with Gasteiger partial charge in [0.05, 0.1) is 22.4 Å². The van der Waals surface area contributed by atoms with Crippen molar-refractivity contribution in [3.63, 3.8) is 0 Å². The van der Waals surface area contributed by atoms with Crippen LogP contribution in [0.4, 0.5) is 14.5 Å². The van der Waals surface area contributed by atoms with Crippen molar-refractivity contribution in [2.75, 3.05) is 5.32 Å². The van der Waals surface area contributed by atoms with Gasteiger partial charge in [-0.2, -0.15) is 5.26 Å². The molecule has 2 aliphatic rings. The van der Waals surface area contributed by atoms with Gasteiger partial charge in [0, 0.05) is 19.0 Å². The zero-order chi connectivity index (χ0) is 13.7. The van der Waals surface area contributed by atoms with E-state index in [9.17, 15) is 13.6 Å². The van der Waals surface area contributed by atoms with E-state index in [2.05, 4.69) is 10.3 Å². The number of nitrogens with one attached hydrogen (secondary N) is 1. The van der Waals surface area contributed by atoms with Crippen molar-refractivity contribution in [3.05, 3.63) is 23.5 Å². The molecule has 4 nitrogen and oxygen atoms in total. The lowest BCUT2D eigenvalue weighted by atomic mass is 9.71. The number of carbonyl (C=O) groups excluding carboxylic acids is 1. The Morgan fingerprint density at radius 3 is 2.63 bits per heavy atom. The molecule has 1 aliphatic heterocycles. The summed E-state index contributed by atoms with van der Waals surface area (Å²) in [6.45, 7) is 0. The van der Waals surface area contributed by atoms with Crippen LogP contribution in [0.2, 0.25) is 0 Å². The second-order valence-corrected chi connectivity index (χ2v) is 5.12. The Hall–Kier alpha value is -2.03. The van der Waals surface area contributed by atoms with Gasteiger partial charge in [0.25, 0.3) is 0 Å². The van der Waals surface area contributed by atoms with Crippen molar-refractivity contribution >= 4 is 11.6 Å². The SMILES string of the molecule is N#Cc1cnc2c(c1)NC(=O)C21CCC(F)(F)CC1. The Labute approximate surface area is 108 Å². The largest absolute Gasteiger partial charge is 0.324 e. The number of pyridine rings is 1. The molecule has 1 aliphatic carbocycles. The Kier molecular flexibility index (Phi) is 2.36. The van der Waals surface area contributed by atoms with Gasteiger partial charge in [0.2, 0.25) is 11.8 Å². The number of alkyl halides is 2. The van der Waals surface area contributed by atoms with E-state index >= 15 is 0 Å². The van der Waals surface area contributed by atoms with E-state index in [1.165, 1.54) is 6.20 Å². The van der Waals surface area contributed by atoms with Crippen molar-refractivity contribution in [2.24, 2.45) is 0 Å². The van der Waals surface area contributed by atoms with Crippen molar-refractivity contribution in [2.45, 2.75) is 37.0 Å². The molecular weight excluding hydrogens is 252 g/mol. The lowest BCUT2D eigenvalue weighted by molar-refractivity contribution is -0.126. The fourth-order valence-corrected chi connectivity index (χ4v) is 2.86. The van der Waals surface area contributed by atoms with Crippen molar-refractivity contribution in [3.8, 4) is 6.07 Å². The maximum Gasteiger partial charge on any atom is 0.248 e. The second-order valence-electron chi connectivity index (χ2n) is 5.12. The third-order valence-electron chi connectivity index (χ3n) is 3.99. The summed E-state index contributed by atoms with van der Waals surface area (Å²) in [4.78, 5) is 16.3. The molecule has 3 rings (SSSR count). The third-order valence-corrected chi connectivity index (χ3v) is 3.99. The molecule has 0 radical (unpaired) electrons. The van der Waals surface area contributed by atoms with Gasteiger partial charge >= 0.3 is 0 Å². The van der Waals surface area contributed by atoms with Crippen LogP contribution in [0.5, 0.6) is 0 Å². The lowest BCUT2D eigenvalue weighted by Gasteiger charge is -2.34. The lowest BCUT2D eigenvalue weighted by Crippen LogP contribution is -2.42. The van der Waals surface area contributed by atoms with Crippen LogP contribution in [0.15, 0.2) is 12.3 Å². The van der Waals surface area contributed by atoms with Crippen LogP contribution < -0.4 is 5.32 Å². The quantitative estimate of drug-likeness (QED) is 0.781. The zero-order valence-corrected chi connectivity index (χ0v) is 10.0. The standard InChI is InChI=1S/C13H11F2N3O/c14-13(15)3-1-12(2-4-13)10-9(18-11(12)19)5-8(6-16)7-17-10/h5,7H,1-4H2,(H,18,19). The predicted molar refractivity (Wildman–Crippen MR) is 62.7 cm³/mol. The number of anilines is 1. The minimum Gasteiger partial charge on any atom is -0.324 e. The molecule has 1 saturated carbocycles. The molecule has 0 unspecified atom stereocenters. The first kappa shape index (κ1) is 12.0. The van der Waals surface area contributed by atoms with Gasteiger partial charge in [-0.3, -0.25) is 9.78 Å². The van der Waals surface area contributed by atoms with Crippen LogP contribution in [0.1, 0.15) is 36.9 Å². The van der Waals surface area contributed by atoms with Gasteiger partial charge in [0.1, 0.15) is 6.07 Å². The summed E-state index contributed by atoms with van der Waals surface area (Å²) in [5, 5.41) is 11.5. The molecule has 1 N–H and O–H groups in total. The van der Waals surface area contributed by atoms with Gasteiger partial charge in [-0.05, 0) is 18.9 Å². The molecule has 1 fully saturated rings. The van der Waals surface area contributed by atoms with Gasteiger partial charge < -0.3 is 5.32 Å². The summed E-state index contributed by atoms with van der Waals surface area (Å²) in [5.41, 5.74) is 0.392. The summed E-state index contributed by atoms with van der Waals surface area (Å²) in [6, 6.07) is 3.49. The average Bonchev–Trinajstić information content (AvgIpc) is 2.65. The Morgan fingerprint density at radius 2 is 2.00 bits per heavy atom. The highest BCUT2D eigenvalue weighted by atomic mass is 19.3. The van der Waals surface area contributed by atoms with E-state index in [1.807, 2.05) is 6.07 Å². The number of fused-ring (bicyclic) bond motifs is 2. The minimum atomic E-state index is -2.69. The van der Waals surface area contributed by atoms with Crippen LogP contribution in [0.25, 0.3) is 0 Å². The van der Waals surface area contributed by atoms with Gasteiger partial charge in [-0.15, -0.1) is 0 Å². The highest BCUT2D eigenvalue weighted by Gasteiger charge is 2.53. The van der Waals surface area contributed by atoms with E-state index in [1.54, 1.807) is 6.07 Å². The summed E-state index contributed by atoms with van der Waals surface area (Å²) < 4.78 is 26.5. The number of amides is 1. The van der Waals surface area contributed by atoms with E-state index < -0.39 is 11.3 Å². The molecule has 0 atom stereocenters. The maximum absolute atomic E-state index is 13.3. The maximum atomic E-state index is 13.3. The fourth-order valence-electron chi connectivity index (χ4n) is 2.86. The monoisotopic (exact) mass is 263 g/mol. The Morgan fingerprint density at radius 1 is 1.32 bits per heavy atom. The van der Waals surface area contributed by atoms with Gasteiger partial charge in [-0.1, -0.05) is 0 Å². The topological polar surface area (TPSA) is 65.8 Å². The number of nitriles is 1. The van der Waals surface area contributed by atoms with E-state index in [-0.39, 0.29) is 31.6 Å². The number of hydrogen-bond acceptors (Lipinski definition) is 3. The van der Waals surface area contributed by atoms with Crippen molar-refractivity contribution < 1.29 is 13.6 Å². The number of halogens is 2. The van der Waals surface area contributed by atoms with Crippen LogP contribution in [-0.2, 0) is 10.2 Å². The van der Waals surface area contributed by atoms with E-state index in [4.69, 9.17) is 5.26 Å². The van der Waals surface area contributed by atoms with E-state index in [0.717, 1.165) is 0 Å². The first-order chi connectivity index (χ1) is 8.97. The molecule has 19 heavy (non-hydrogen) atoms.